The zero-order chi connectivity index (χ0) is 13.0. The first-order chi connectivity index (χ1) is 9.36. The molecule has 2 heterocycles. The summed E-state index contributed by atoms with van der Waals surface area (Å²) in [4.78, 5) is 0. The van der Waals surface area contributed by atoms with Gasteiger partial charge in [0, 0.05) is 18.4 Å². The number of rotatable bonds is 4. The van der Waals surface area contributed by atoms with Crippen molar-refractivity contribution >= 4 is 11.8 Å². The number of ether oxygens (including phenoxy) is 1. The Morgan fingerprint density at radius 1 is 1.16 bits per heavy atom. The summed E-state index contributed by atoms with van der Waals surface area (Å²) in [7, 11) is 0. The minimum atomic E-state index is 0.241. The second kappa shape index (κ2) is 6.82. The summed E-state index contributed by atoms with van der Waals surface area (Å²) in [6.45, 7) is 2.21. The maximum absolute atomic E-state index is 6.09. The van der Waals surface area contributed by atoms with Crippen LogP contribution in [0.25, 0.3) is 0 Å². The van der Waals surface area contributed by atoms with Gasteiger partial charge >= 0.3 is 0 Å². The first kappa shape index (κ1) is 14.2. The van der Waals surface area contributed by atoms with Crippen LogP contribution in [-0.2, 0) is 4.74 Å². The first-order valence-electron chi connectivity index (χ1n) is 8.31. The lowest BCUT2D eigenvalue weighted by Gasteiger charge is -2.38. The molecular weight excluding hydrogens is 254 g/mol. The quantitative estimate of drug-likeness (QED) is 0.852. The van der Waals surface area contributed by atoms with Gasteiger partial charge in [-0.2, -0.15) is 11.8 Å². The van der Waals surface area contributed by atoms with Crippen molar-refractivity contribution in [2.24, 2.45) is 5.92 Å². The van der Waals surface area contributed by atoms with E-state index < -0.39 is 0 Å². The van der Waals surface area contributed by atoms with Gasteiger partial charge in [0.2, 0.25) is 0 Å². The highest BCUT2D eigenvalue weighted by molar-refractivity contribution is 7.99. The third-order valence-electron chi connectivity index (χ3n) is 5.27. The molecule has 1 saturated carbocycles. The molecule has 2 unspecified atom stereocenters. The summed E-state index contributed by atoms with van der Waals surface area (Å²) in [5.41, 5.74) is 0.241. The van der Waals surface area contributed by atoms with Gasteiger partial charge in [0.05, 0.1) is 5.60 Å². The number of nitrogens with one attached hydrogen (secondary N) is 1. The van der Waals surface area contributed by atoms with Crippen LogP contribution in [0.3, 0.4) is 0 Å². The van der Waals surface area contributed by atoms with Gasteiger partial charge in [-0.05, 0) is 43.9 Å². The highest BCUT2D eigenvalue weighted by Gasteiger charge is 2.40. The van der Waals surface area contributed by atoms with E-state index in [1.807, 2.05) is 0 Å². The maximum Gasteiger partial charge on any atom is 0.0795 e. The molecule has 1 N–H and O–H groups in total. The fourth-order valence-electron chi connectivity index (χ4n) is 4.03. The largest absolute Gasteiger partial charge is 0.374 e. The number of hydrogen-bond acceptors (Lipinski definition) is 3. The second-order valence-electron chi connectivity index (χ2n) is 6.77. The summed E-state index contributed by atoms with van der Waals surface area (Å²) < 4.78 is 6.09. The lowest BCUT2D eigenvalue weighted by molar-refractivity contribution is -0.0701. The Kier molecular flexibility index (Phi) is 5.10. The normalized spacial score (nSPS) is 36.9. The Bertz CT molecular complexity index is 272. The van der Waals surface area contributed by atoms with Crippen LogP contribution in [0.15, 0.2) is 0 Å². The fraction of sp³-hybridized carbons (Fsp3) is 1.00. The predicted molar refractivity (Wildman–Crippen MR) is 82.8 cm³/mol. The number of thioether (sulfide) groups is 1. The van der Waals surface area contributed by atoms with E-state index in [2.05, 4.69) is 17.1 Å². The van der Waals surface area contributed by atoms with Crippen molar-refractivity contribution in [3.8, 4) is 0 Å². The van der Waals surface area contributed by atoms with Crippen LogP contribution in [0, 0.1) is 5.92 Å². The van der Waals surface area contributed by atoms with Crippen LogP contribution >= 0.6 is 11.8 Å². The summed E-state index contributed by atoms with van der Waals surface area (Å²) in [6, 6.07) is 0.719. The van der Waals surface area contributed by atoms with E-state index in [9.17, 15) is 0 Å². The molecule has 2 nitrogen and oxygen atoms in total. The lowest BCUT2D eigenvalue weighted by Crippen LogP contribution is -2.47. The van der Waals surface area contributed by atoms with E-state index in [1.165, 1.54) is 75.8 Å². The van der Waals surface area contributed by atoms with Crippen LogP contribution in [0.1, 0.15) is 57.8 Å². The molecule has 3 rings (SSSR count). The molecule has 1 aliphatic carbocycles. The Morgan fingerprint density at radius 3 is 2.84 bits per heavy atom. The van der Waals surface area contributed by atoms with E-state index in [0.29, 0.717) is 0 Å². The Labute approximate surface area is 122 Å². The van der Waals surface area contributed by atoms with Gasteiger partial charge in [-0.25, -0.2) is 0 Å². The topological polar surface area (TPSA) is 21.3 Å². The molecular formula is C16H29NOS. The van der Waals surface area contributed by atoms with Crippen LogP contribution in [0.4, 0.5) is 0 Å². The van der Waals surface area contributed by atoms with E-state index >= 15 is 0 Å². The third-order valence-corrected chi connectivity index (χ3v) is 6.49. The van der Waals surface area contributed by atoms with Gasteiger partial charge in [-0.3, -0.25) is 0 Å². The molecule has 2 saturated heterocycles. The highest BCUT2D eigenvalue weighted by Crippen LogP contribution is 2.38. The second-order valence-corrected chi connectivity index (χ2v) is 7.88. The van der Waals surface area contributed by atoms with E-state index in [1.54, 1.807) is 0 Å². The molecule has 2 aliphatic heterocycles. The van der Waals surface area contributed by atoms with Gasteiger partial charge < -0.3 is 10.1 Å². The van der Waals surface area contributed by atoms with Crippen molar-refractivity contribution in [3.05, 3.63) is 0 Å². The van der Waals surface area contributed by atoms with Crippen LogP contribution in [0.2, 0.25) is 0 Å². The highest BCUT2D eigenvalue weighted by atomic mass is 32.2. The van der Waals surface area contributed by atoms with Crippen LogP contribution in [-0.4, -0.2) is 36.3 Å². The van der Waals surface area contributed by atoms with Crippen LogP contribution < -0.4 is 5.32 Å². The number of hydrogen-bond donors (Lipinski definition) is 1. The van der Waals surface area contributed by atoms with Gasteiger partial charge in [0.15, 0.2) is 0 Å². The molecule has 110 valence electrons. The average molecular weight is 283 g/mol. The van der Waals surface area contributed by atoms with Crippen molar-refractivity contribution in [2.45, 2.75) is 69.4 Å². The summed E-state index contributed by atoms with van der Waals surface area (Å²) in [5, 5.41) is 3.83. The van der Waals surface area contributed by atoms with Crippen molar-refractivity contribution in [1.82, 2.24) is 5.32 Å². The maximum atomic E-state index is 6.09. The van der Waals surface area contributed by atoms with E-state index in [-0.39, 0.29) is 5.60 Å². The lowest BCUT2D eigenvalue weighted by atomic mass is 9.86. The van der Waals surface area contributed by atoms with E-state index in [0.717, 1.165) is 18.6 Å². The van der Waals surface area contributed by atoms with Gasteiger partial charge in [-0.15, -0.1) is 0 Å². The monoisotopic (exact) mass is 283 g/mol. The molecule has 0 bridgehead atoms. The zero-order valence-electron chi connectivity index (χ0n) is 12.2. The molecule has 0 aromatic rings. The molecule has 1 spiro atoms. The third kappa shape index (κ3) is 3.89. The molecule has 0 radical (unpaired) electrons. The van der Waals surface area contributed by atoms with Gasteiger partial charge in [0.25, 0.3) is 0 Å². The zero-order valence-corrected chi connectivity index (χ0v) is 13.0. The Morgan fingerprint density at radius 2 is 2.05 bits per heavy atom. The standard InChI is InChI=1S/C16H29NOS/c1-2-4-14(5-3-1)6-9-17-15-7-10-18-16(12-15)8-11-19-13-16/h14-15,17H,1-13H2. The molecule has 3 aliphatic rings. The smallest absolute Gasteiger partial charge is 0.0795 e. The summed E-state index contributed by atoms with van der Waals surface area (Å²) in [6.07, 6.45) is 12.5. The minimum Gasteiger partial charge on any atom is -0.374 e. The predicted octanol–water partition coefficient (Wildman–Crippen LogP) is 3.60. The molecule has 3 heteroatoms. The van der Waals surface area contributed by atoms with Gasteiger partial charge in [-0.1, -0.05) is 32.1 Å². The molecule has 2 atom stereocenters. The summed E-state index contributed by atoms with van der Waals surface area (Å²) >= 11 is 2.08. The van der Waals surface area contributed by atoms with E-state index in [4.69, 9.17) is 4.74 Å². The van der Waals surface area contributed by atoms with Crippen molar-refractivity contribution < 1.29 is 4.74 Å². The SMILES string of the molecule is C1CCC(CCNC2CCOC3(CCSC3)C2)CC1. The fourth-order valence-corrected chi connectivity index (χ4v) is 5.41. The molecule has 0 amide bonds. The van der Waals surface area contributed by atoms with Gasteiger partial charge in [0.1, 0.15) is 0 Å². The summed E-state index contributed by atoms with van der Waals surface area (Å²) in [5.74, 6) is 3.54. The van der Waals surface area contributed by atoms with Crippen molar-refractivity contribution in [2.75, 3.05) is 24.7 Å². The molecule has 0 aromatic carbocycles. The molecule has 0 aromatic heterocycles. The Hall–Kier alpha value is 0.270. The van der Waals surface area contributed by atoms with Crippen LogP contribution in [0.5, 0.6) is 0 Å². The first-order valence-corrected chi connectivity index (χ1v) is 9.47. The van der Waals surface area contributed by atoms with Crippen molar-refractivity contribution in [3.63, 3.8) is 0 Å². The Balaban J connectivity index is 1.37. The molecule has 19 heavy (non-hydrogen) atoms. The average Bonchev–Trinajstić information content (AvgIpc) is 2.88. The molecule has 3 fully saturated rings. The minimum absolute atomic E-state index is 0.241. The van der Waals surface area contributed by atoms with Crippen molar-refractivity contribution in [1.29, 1.82) is 0 Å².